The molecule has 3 aliphatic rings. The summed E-state index contributed by atoms with van der Waals surface area (Å²) in [7, 11) is 0. The molecule has 0 spiro atoms. The number of nitrogens with one attached hydrogen (secondary N) is 1. The summed E-state index contributed by atoms with van der Waals surface area (Å²) in [5.41, 5.74) is -0.243. The number of fused-ring (bicyclic) bond motifs is 1. The molecule has 6 nitrogen and oxygen atoms in total. The number of nitrogens with zero attached hydrogens (tertiary/aromatic N) is 1. The molecule has 0 bridgehead atoms. The van der Waals surface area contributed by atoms with Crippen LogP contribution in [0.1, 0.15) is 19.3 Å². The standard InChI is InChI=1S/C12H20N2O4S/c15-4-3-7-9(16)10(17)8-11(18-7)19-12(14-8)13-5-6-1-2-6/h6-11,15-17H,1-5H2,(H,13,14)/t7-,8-,9-,10-,11-/m1/s1. The van der Waals surface area contributed by atoms with Gasteiger partial charge in [0.25, 0.3) is 0 Å². The van der Waals surface area contributed by atoms with Gasteiger partial charge in [-0.25, -0.2) is 0 Å². The van der Waals surface area contributed by atoms with E-state index >= 15 is 0 Å². The Hall–Kier alpha value is -0.340. The highest BCUT2D eigenvalue weighted by Crippen LogP contribution is 2.35. The summed E-state index contributed by atoms with van der Waals surface area (Å²) in [5, 5.41) is 32.9. The normalized spacial score (nSPS) is 44.2. The highest BCUT2D eigenvalue weighted by molar-refractivity contribution is 8.14. The Labute approximate surface area is 116 Å². The molecule has 3 fully saturated rings. The van der Waals surface area contributed by atoms with Gasteiger partial charge in [0.05, 0.1) is 12.1 Å². The molecule has 1 aliphatic carbocycles. The third-order valence-electron chi connectivity index (χ3n) is 3.82. The molecule has 7 heteroatoms. The lowest BCUT2D eigenvalue weighted by atomic mass is 9.96. The maximum atomic E-state index is 10.1. The first-order chi connectivity index (χ1) is 9.19. The minimum atomic E-state index is -0.968. The summed E-state index contributed by atoms with van der Waals surface area (Å²) in [6.07, 6.45) is 0.463. The highest BCUT2D eigenvalue weighted by atomic mass is 32.2. The second kappa shape index (κ2) is 5.57. The number of rotatable bonds is 4. The van der Waals surface area contributed by atoms with Crippen LogP contribution in [0.2, 0.25) is 0 Å². The average Bonchev–Trinajstić information content (AvgIpc) is 3.14. The van der Waals surface area contributed by atoms with E-state index in [0.717, 1.165) is 17.6 Å². The van der Waals surface area contributed by atoms with Crippen molar-refractivity contribution < 1.29 is 20.1 Å². The van der Waals surface area contributed by atoms with Gasteiger partial charge >= 0.3 is 0 Å². The molecule has 19 heavy (non-hydrogen) atoms. The Balaban J connectivity index is 1.63. The Morgan fingerprint density at radius 2 is 2.11 bits per heavy atom. The van der Waals surface area contributed by atoms with E-state index in [9.17, 15) is 10.2 Å². The Kier molecular flexibility index (Phi) is 4.00. The van der Waals surface area contributed by atoms with Gasteiger partial charge in [0.15, 0.2) is 5.17 Å². The molecule has 0 radical (unpaired) electrons. The van der Waals surface area contributed by atoms with Crippen LogP contribution in [0.5, 0.6) is 0 Å². The molecule has 2 saturated heterocycles. The van der Waals surface area contributed by atoms with Crippen molar-refractivity contribution in [3.8, 4) is 0 Å². The zero-order valence-corrected chi connectivity index (χ0v) is 11.4. The molecule has 2 aliphatic heterocycles. The van der Waals surface area contributed by atoms with Crippen LogP contribution in [0.15, 0.2) is 4.99 Å². The van der Waals surface area contributed by atoms with Gasteiger partial charge in [-0.15, -0.1) is 0 Å². The molecule has 108 valence electrons. The fraction of sp³-hybridized carbons (Fsp3) is 0.917. The zero-order valence-electron chi connectivity index (χ0n) is 10.6. The second-order valence-electron chi connectivity index (χ2n) is 5.41. The van der Waals surface area contributed by atoms with Gasteiger partial charge in [0.2, 0.25) is 0 Å². The molecular weight excluding hydrogens is 268 g/mol. The first kappa shape index (κ1) is 13.6. The molecule has 1 saturated carbocycles. The first-order valence-corrected chi connectivity index (χ1v) is 7.67. The molecular formula is C12H20N2O4S. The maximum absolute atomic E-state index is 10.1. The van der Waals surface area contributed by atoms with Crippen molar-refractivity contribution in [2.45, 2.75) is 49.1 Å². The summed E-state index contributed by atoms with van der Waals surface area (Å²) < 4.78 is 5.74. The summed E-state index contributed by atoms with van der Waals surface area (Å²) in [6, 6.07) is -0.326. The third-order valence-corrected chi connectivity index (χ3v) is 4.93. The van der Waals surface area contributed by atoms with Crippen molar-refractivity contribution in [3.05, 3.63) is 0 Å². The predicted molar refractivity (Wildman–Crippen MR) is 71.9 cm³/mol. The van der Waals surface area contributed by atoms with E-state index in [1.807, 2.05) is 0 Å². The number of aliphatic hydroxyl groups is 3. The molecule has 4 N–H and O–H groups in total. The highest BCUT2D eigenvalue weighted by Gasteiger charge is 2.48. The van der Waals surface area contributed by atoms with Crippen LogP contribution in [-0.4, -0.2) is 63.4 Å². The lowest BCUT2D eigenvalue weighted by Crippen LogP contribution is -2.58. The van der Waals surface area contributed by atoms with E-state index in [1.54, 1.807) is 0 Å². The number of thioether (sulfide) groups is 1. The molecule has 2 heterocycles. The Bertz CT molecular complexity index is 364. The van der Waals surface area contributed by atoms with E-state index in [1.165, 1.54) is 24.6 Å². The van der Waals surface area contributed by atoms with E-state index in [2.05, 4.69) is 10.3 Å². The minimum absolute atomic E-state index is 0.0629. The minimum Gasteiger partial charge on any atom is -0.396 e. The van der Waals surface area contributed by atoms with E-state index in [0.29, 0.717) is 6.42 Å². The Morgan fingerprint density at radius 1 is 1.32 bits per heavy atom. The number of ether oxygens (including phenoxy) is 1. The van der Waals surface area contributed by atoms with Gasteiger partial charge in [0, 0.05) is 13.2 Å². The molecule has 0 amide bonds. The average molecular weight is 288 g/mol. The second-order valence-corrected chi connectivity index (χ2v) is 6.50. The molecule has 5 atom stereocenters. The topological polar surface area (TPSA) is 94.3 Å². The van der Waals surface area contributed by atoms with Crippen LogP contribution in [0.4, 0.5) is 0 Å². The van der Waals surface area contributed by atoms with Crippen molar-refractivity contribution in [1.29, 1.82) is 0 Å². The van der Waals surface area contributed by atoms with Gasteiger partial charge in [-0.2, -0.15) is 0 Å². The number of hydrogen-bond acceptors (Lipinski definition) is 6. The fourth-order valence-corrected chi connectivity index (χ4v) is 3.58. The lowest BCUT2D eigenvalue weighted by Gasteiger charge is -2.38. The summed E-state index contributed by atoms with van der Waals surface area (Å²) in [5.74, 6) is 0.719. The van der Waals surface area contributed by atoms with E-state index in [-0.39, 0.29) is 18.1 Å². The van der Waals surface area contributed by atoms with Crippen molar-refractivity contribution in [3.63, 3.8) is 0 Å². The summed E-state index contributed by atoms with van der Waals surface area (Å²) >= 11 is 1.46. The number of aliphatic imine (C=N–C) groups is 1. The van der Waals surface area contributed by atoms with Crippen LogP contribution in [0.25, 0.3) is 0 Å². The quantitative estimate of drug-likeness (QED) is 0.546. The van der Waals surface area contributed by atoms with E-state index < -0.39 is 18.3 Å². The monoisotopic (exact) mass is 288 g/mol. The largest absolute Gasteiger partial charge is 0.396 e. The zero-order chi connectivity index (χ0) is 13.4. The van der Waals surface area contributed by atoms with Crippen molar-refractivity contribution in [2.75, 3.05) is 13.2 Å². The van der Waals surface area contributed by atoms with Crippen molar-refractivity contribution in [2.24, 2.45) is 10.9 Å². The number of aliphatic hydroxyl groups excluding tert-OH is 3. The molecule has 3 rings (SSSR count). The maximum Gasteiger partial charge on any atom is 0.159 e. The first-order valence-electron chi connectivity index (χ1n) is 6.79. The molecule has 0 unspecified atom stereocenters. The van der Waals surface area contributed by atoms with Crippen LogP contribution in [0.3, 0.4) is 0 Å². The fourth-order valence-electron chi connectivity index (χ4n) is 2.43. The summed E-state index contributed by atoms with van der Waals surface area (Å²) in [6.45, 7) is 0.764. The predicted octanol–water partition coefficient (Wildman–Crippen LogP) is -0.714. The van der Waals surface area contributed by atoms with Gasteiger partial charge in [0.1, 0.15) is 17.6 Å². The van der Waals surface area contributed by atoms with Gasteiger partial charge in [-0.1, -0.05) is 11.8 Å². The van der Waals surface area contributed by atoms with Crippen LogP contribution in [-0.2, 0) is 4.74 Å². The third kappa shape index (κ3) is 2.90. The molecule has 0 aromatic rings. The molecule has 0 aromatic heterocycles. The van der Waals surface area contributed by atoms with Gasteiger partial charge in [-0.05, 0) is 25.2 Å². The summed E-state index contributed by atoms with van der Waals surface area (Å²) in [4.78, 5) is 4.49. The van der Waals surface area contributed by atoms with Crippen molar-refractivity contribution >= 4 is 16.9 Å². The smallest absolute Gasteiger partial charge is 0.159 e. The SMILES string of the molecule is OCC[C@H]1O[C@@H]2SC(=NCC3CC3)N[C@@H]2[C@@H](O)[C@@H]1O. The number of amidine groups is 1. The van der Waals surface area contributed by atoms with Gasteiger partial charge < -0.3 is 25.4 Å². The lowest BCUT2D eigenvalue weighted by molar-refractivity contribution is -0.160. The van der Waals surface area contributed by atoms with Crippen LogP contribution < -0.4 is 5.32 Å². The Morgan fingerprint density at radius 3 is 2.79 bits per heavy atom. The van der Waals surface area contributed by atoms with Crippen LogP contribution in [0, 0.1) is 5.92 Å². The number of hydrogen-bond donors (Lipinski definition) is 4. The van der Waals surface area contributed by atoms with Gasteiger partial charge in [-0.3, -0.25) is 4.99 Å². The van der Waals surface area contributed by atoms with E-state index in [4.69, 9.17) is 9.84 Å². The van der Waals surface area contributed by atoms with Crippen molar-refractivity contribution in [1.82, 2.24) is 5.32 Å². The molecule has 0 aromatic carbocycles. The van der Waals surface area contributed by atoms with Crippen LogP contribution >= 0.6 is 11.8 Å².